The summed E-state index contributed by atoms with van der Waals surface area (Å²) in [6.45, 7) is 2.12. The average Bonchev–Trinajstić information content (AvgIpc) is 2.62. The monoisotopic (exact) mass is 259 g/mol. The Morgan fingerprint density at radius 2 is 1.80 bits per heavy atom. The zero-order chi connectivity index (χ0) is 10.4. The molecule has 0 fully saturated rings. The lowest BCUT2D eigenvalue weighted by atomic mass is 10.1. The summed E-state index contributed by atoms with van der Waals surface area (Å²) in [6, 6.07) is 12.6. The first kappa shape index (κ1) is 8.98. The molecule has 2 aromatic carbocycles. The normalized spacial score (nSPS) is 11.3. The first-order valence-corrected chi connectivity index (χ1v) is 5.72. The molecule has 0 aliphatic rings. The number of rotatable bonds is 0. The van der Waals surface area contributed by atoms with Crippen molar-refractivity contribution in [3.05, 3.63) is 46.4 Å². The van der Waals surface area contributed by atoms with Crippen LogP contribution in [0.2, 0.25) is 0 Å². The Hall–Kier alpha value is -1.28. The molecule has 0 saturated carbocycles. The summed E-state index contributed by atoms with van der Waals surface area (Å²) in [4.78, 5) is 3.42. The molecule has 0 atom stereocenters. The Morgan fingerprint density at radius 3 is 2.67 bits per heavy atom. The van der Waals surface area contributed by atoms with Crippen LogP contribution in [0.25, 0.3) is 21.8 Å². The number of para-hydroxylation sites is 1. The van der Waals surface area contributed by atoms with Crippen molar-refractivity contribution in [2.75, 3.05) is 0 Å². The summed E-state index contributed by atoms with van der Waals surface area (Å²) in [5.41, 5.74) is 3.65. The number of H-pyrrole nitrogens is 1. The van der Waals surface area contributed by atoms with Gasteiger partial charge < -0.3 is 4.98 Å². The lowest BCUT2D eigenvalue weighted by molar-refractivity contribution is 1.46. The van der Waals surface area contributed by atoms with Crippen LogP contribution >= 0.6 is 15.9 Å². The van der Waals surface area contributed by atoms with Gasteiger partial charge in [0, 0.05) is 26.3 Å². The van der Waals surface area contributed by atoms with Crippen molar-refractivity contribution >= 4 is 37.7 Å². The summed E-state index contributed by atoms with van der Waals surface area (Å²) in [5.74, 6) is 0. The second-order valence-electron chi connectivity index (χ2n) is 3.79. The minimum atomic E-state index is 1.19. The third-order valence-electron chi connectivity index (χ3n) is 2.80. The topological polar surface area (TPSA) is 15.8 Å². The highest BCUT2D eigenvalue weighted by Gasteiger charge is 2.07. The predicted octanol–water partition coefficient (Wildman–Crippen LogP) is 4.39. The fraction of sp³-hybridized carbons (Fsp3) is 0.0769. The molecule has 0 aliphatic heterocycles. The van der Waals surface area contributed by atoms with E-state index in [0.29, 0.717) is 0 Å². The molecule has 0 radical (unpaired) electrons. The fourth-order valence-electron chi connectivity index (χ4n) is 2.00. The number of hydrogen-bond acceptors (Lipinski definition) is 0. The first-order valence-electron chi connectivity index (χ1n) is 4.93. The van der Waals surface area contributed by atoms with Gasteiger partial charge in [0.25, 0.3) is 0 Å². The van der Waals surface area contributed by atoms with Crippen molar-refractivity contribution in [2.24, 2.45) is 0 Å². The largest absolute Gasteiger partial charge is 0.354 e. The van der Waals surface area contributed by atoms with Gasteiger partial charge in [-0.1, -0.05) is 24.3 Å². The number of nitrogens with one attached hydrogen (secondary N) is 1. The van der Waals surface area contributed by atoms with Gasteiger partial charge in [-0.3, -0.25) is 0 Å². The molecule has 74 valence electrons. The number of fused-ring (bicyclic) bond motifs is 3. The Morgan fingerprint density at radius 1 is 1.00 bits per heavy atom. The van der Waals surface area contributed by atoms with Crippen molar-refractivity contribution in [1.82, 2.24) is 4.98 Å². The highest BCUT2D eigenvalue weighted by molar-refractivity contribution is 9.10. The molecule has 15 heavy (non-hydrogen) atoms. The Bertz CT molecular complexity index is 652. The van der Waals surface area contributed by atoms with Crippen LogP contribution in [-0.4, -0.2) is 4.98 Å². The molecule has 0 saturated heterocycles. The number of halogens is 1. The highest BCUT2D eigenvalue weighted by atomic mass is 79.9. The van der Waals surface area contributed by atoms with Crippen LogP contribution in [0.4, 0.5) is 0 Å². The zero-order valence-electron chi connectivity index (χ0n) is 8.34. The van der Waals surface area contributed by atoms with E-state index in [9.17, 15) is 0 Å². The molecule has 0 spiro atoms. The summed E-state index contributed by atoms with van der Waals surface area (Å²) in [6.07, 6.45) is 0. The maximum atomic E-state index is 3.66. The fourth-order valence-corrected chi connectivity index (χ4v) is 2.56. The van der Waals surface area contributed by atoms with Crippen LogP contribution in [0.1, 0.15) is 5.56 Å². The van der Waals surface area contributed by atoms with E-state index in [4.69, 9.17) is 0 Å². The van der Waals surface area contributed by atoms with Gasteiger partial charge in [0.05, 0.1) is 0 Å². The van der Waals surface area contributed by atoms with Gasteiger partial charge in [-0.25, -0.2) is 0 Å². The van der Waals surface area contributed by atoms with E-state index in [2.05, 4.69) is 64.2 Å². The van der Waals surface area contributed by atoms with E-state index in [1.54, 1.807) is 0 Å². The number of hydrogen-bond donors (Lipinski definition) is 1. The minimum Gasteiger partial charge on any atom is -0.354 e. The summed E-state index contributed by atoms with van der Waals surface area (Å²) >= 11 is 3.66. The van der Waals surface area contributed by atoms with Crippen molar-refractivity contribution in [3.8, 4) is 0 Å². The average molecular weight is 260 g/mol. The summed E-state index contributed by atoms with van der Waals surface area (Å²) in [5, 5.41) is 2.56. The molecule has 1 N–H and O–H groups in total. The molecule has 0 bridgehead atoms. The second-order valence-corrected chi connectivity index (χ2v) is 4.58. The third-order valence-corrected chi connectivity index (χ3v) is 3.82. The van der Waals surface area contributed by atoms with Crippen LogP contribution in [0, 0.1) is 6.92 Å². The number of aromatic nitrogens is 1. The smallest absolute Gasteiger partial charge is 0.0476 e. The van der Waals surface area contributed by atoms with Crippen LogP contribution in [0.15, 0.2) is 40.9 Å². The van der Waals surface area contributed by atoms with Crippen molar-refractivity contribution in [1.29, 1.82) is 0 Å². The quantitative estimate of drug-likeness (QED) is 0.617. The van der Waals surface area contributed by atoms with E-state index in [1.807, 2.05) is 0 Å². The van der Waals surface area contributed by atoms with E-state index < -0.39 is 0 Å². The van der Waals surface area contributed by atoms with Crippen LogP contribution in [0.3, 0.4) is 0 Å². The van der Waals surface area contributed by atoms with Gasteiger partial charge in [0.15, 0.2) is 0 Å². The van der Waals surface area contributed by atoms with Crippen molar-refractivity contribution < 1.29 is 0 Å². The third kappa shape index (κ3) is 1.21. The molecule has 0 unspecified atom stereocenters. The highest BCUT2D eigenvalue weighted by Crippen LogP contribution is 2.33. The Balaban J connectivity index is 2.63. The zero-order valence-corrected chi connectivity index (χ0v) is 9.93. The van der Waals surface area contributed by atoms with Gasteiger partial charge >= 0.3 is 0 Å². The van der Waals surface area contributed by atoms with E-state index in [1.165, 1.54) is 31.8 Å². The van der Waals surface area contributed by atoms with E-state index in [-0.39, 0.29) is 0 Å². The minimum absolute atomic E-state index is 1.19. The maximum absolute atomic E-state index is 3.66. The molecule has 1 aromatic heterocycles. The first-order chi connectivity index (χ1) is 7.27. The van der Waals surface area contributed by atoms with Gasteiger partial charge in [-0.05, 0) is 40.5 Å². The molecule has 1 nitrogen and oxygen atoms in total. The summed E-state index contributed by atoms with van der Waals surface area (Å²) in [7, 11) is 0. The van der Waals surface area contributed by atoms with Gasteiger partial charge in [-0.15, -0.1) is 0 Å². The van der Waals surface area contributed by atoms with E-state index >= 15 is 0 Å². The number of aromatic amines is 1. The molecular weight excluding hydrogens is 250 g/mol. The molecule has 3 aromatic rings. The van der Waals surface area contributed by atoms with Crippen LogP contribution in [0.5, 0.6) is 0 Å². The SMILES string of the molecule is Cc1ccc2[nH]c3ccccc3c2c1Br. The molecular formula is C13H10BrN. The van der Waals surface area contributed by atoms with Gasteiger partial charge in [0.2, 0.25) is 0 Å². The van der Waals surface area contributed by atoms with E-state index in [0.717, 1.165) is 0 Å². The number of benzene rings is 2. The van der Waals surface area contributed by atoms with Crippen LogP contribution < -0.4 is 0 Å². The van der Waals surface area contributed by atoms with Crippen LogP contribution in [-0.2, 0) is 0 Å². The second kappa shape index (κ2) is 3.11. The molecule has 3 rings (SSSR count). The predicted molar refractivity (Wildman–Crippen MR) is 68.2 cm³/mol. The van der Waals surface area contributed by atoms with Gasteiger partial charge in [-0.2, -0.15) is 0 Å². The molecule has 1 heterocycles. The van der Waals surface area contributed by atoms with Crippen molar-refractivity contribution in [2.45, 2.75) is 6.92 Å². The summed E-state index contributed by atoms with van der Waals surface area (Å²) < 4.78 is 1.19. The lowest BCUT2D eigenvalue weighted by Gasteiger charge is -1.99. The Labute approximate surface area is 96.2 Å². The number of aryl methyl sites for hydroxylation is 1. The van der Waals surface area contributed by atoms with Crippen molar-refractivity contribution in [3.63, 3.8) is 0 Å². The Kier molecular flexibility index (Phi) is 1.86. The molecule has 0 amide bonds. The molecule has 0 aliphatic carbocycles. The maximum Gasteiger partial charge on any atom is 0.0476 e. The van der Waals surface area contributed by atoms with Gasteiger partial charge in [0.1, 0.15) is 0 Å². The lowest BCUT2D eigenvalue weighted by Crippen LogP contribution is -1.76. The standard InChI is InChI=1S/C13H10BrN/c1-8-6-7-11-12(13(8)14)9-4-2-3-5-10(9)15-11/h2-7,15H,1H3. The molecule has 2 heteroatoms.